The topological polar surface area (TPSA) is 25.8 Å². The van der Waals surface area contributed by atoms with E-state index in [1.54, 1.807) is 0 Å². The normalized spacial score (nSPS) is 10.4. The van der Waals surface area contributed by atoms with Gasteiger partial charge in [0.2, 0.25) is 0 Å². The average Bonchev–Trinajstić information content (AvgIpc) is 2.31. The van der Waals surface area contributed by atoms with Crippen LogP contribution in [-0.2, 0) is 0 Å². The zero-order valence-corrected chi connectivity index (χ0v) is 10.8. The van der Waals surface area contributed by atoms with Gasteiger partial charge in [0.05, 0.1) is 0 Å². The zero-order chi connectivity index (χ0) is 11.4. The molecule has 3 heteroatoms. The molecule has 2 rings (SSSR count). The molecule has 80 valence electrons. The Labute approximate surface area is 101 Å². The summed E-state index contributed by atoms with van der Waals surface area (Å²) in [6.07, 6.45) is 3.73. The highest BCUT2D eigenvalue weighted by Crippen LogP contribution is 2.23. The second kappa shape index (κ2) is 5.25. The molecule has 0 aliphatic rings. The molecule has 0 aromatic carbocycles. The fraction of sp³-hybridized carbons (Fsp3) is 0.231. The minimum absolute atomic E-state index is 0.419. The highest BCUT2D eigenvalue weighted by Gasteiger charge is 2.24. The van der Waals surface area contributed by atoms with E-state index in [1.165, 1.54) is 0 Å². The third-order valence-corrected chi connectivity index (χ3v) is 4.70. The van der Waals surface area contributed by atoms with Gasteiger partial charge >= 0.3 is 0 Å². The van der Waals surface area contributed by atoms with E-state index in [4.69, 9.17) is 0 Å². The van der Waals surface area contributed by atoms with Crippen LogP contribution >= 0.6 is 0 Å². The summed E-state index contributed by atoms with van der Waals surface area (Å²) in [6, 6.07) is 12.2. The highest BCUT2D eigenvalue weighted by molar-refractivity contribution is 6.58. The lowest BCUT2D eigenvalue weighted by Crippen LogP contribution is -2.19. The third-order valence-electron chi connectivity index (χ3n) is 2.68. The smallest absolute Gasteiger partial charge is 0.262 e. The van der Waals surface area contributed by atoms with Crippen molar-refractivity contribution in [1.29, 1.82) is 0 Å². The molecule has 0 bridgehead atoms. The zero-order valence-electron chi connectivity index (χ0n) is 9.67. The maximum Gasteiger partial charge on any atom is 0.276 e. The monoisotopic (exact) mass is 226 g/mol. The molecule has 0 aliphatic carbocycles. The van der Waals surface area contributed by atoms with Gasteiger partial charge in [-0.25, -0.2) is 0 Å². The number of hydrogen-bond acceptors (Lipinski definition) is 2. The van der Waals surface area contributed by atoms with Gasteiger partial charge in [0.1, 0.15) is 0 Å². The molecule has 2 aromatic heterocycles. The second-order valence-electron chi connectivity index (χ2n) is 4.23. The summed E-state index contributed by atoms with van der Waals surface area (Å²) in [5.74, 6) is 4.68. The van der Waals surface area contributed by atoms with Crippen LogP contribution in [0.25, 0.3) is 0 Å². The summed E-state index contributed by atoms with van der Waals surface area (Å²) < 4.78 is 0.419. The van der Waals surface area contributed by atoms with Crippen LogP contribution in [0.15, 0.2) is 48.8 Å². The van der Waals surface area contributed by atoms with Gasteiger partial charge in [-0.3, -0.25) is 9.97 Å². The maximum absolute atomic E-state index is 4.47. The Bertz CT molecular complexity index is 389. The summed E-state index contributed by atoms with van der Waals surface area (Å²) in [6.45, 7) is 0. The van der Waals surface area contributed by atoms with Crippen molar-refractivity contribution in [2.75, 3.05) is 0 Å². The summed E-state index contributed by atoms with van der Waals surface area (Å²) in [7, 11) is 0. The fourth-order valence-electron chi connectivity index (χ4n) is 1.95. The van der Waals surface area contributed by atoms with Crippen LogP contribution < -0.4 is 0 Å². The molecule has 0 fully saturated rings. The molecule has 16 heavy (non-hydrogen) atoms. The van der Waals surface area contributed by atoms with Gasteiger partial charge in [0.25, 0.3) is 14.1 Å². The van der Waals surface area contributed by atoms with Crippen molar-refractivity contribution in [3.05, 3.63) is 60.2 Å². The quantitative estimate of drug-likeness (QED) is 0.752. The van der Waals surface area contributed by atoms with E-state index in [1.807, 2.05) is 24.5 Å². The molecule has 0 spiro atoms. The largest absolute Gasteiger partial charge is 0.276 e. The van der Waals surface area contributed by atoms with Crippen LogP contribution in [-0.4, -0.2) is 24.1 Å². The molecule has 2 nitrogen and oxygen atoms in total. The van der Waals surface area contributed by atoms with Gasteiger partial charge in [-0.1, -0.05) is 12.1 Å². The van der Waals surface area contributed by atoms with Crippen LogP contribution in [0.3, 0.4) is 0 Å². The maximum atomic E-state index is 4.47. The molecule has 0 N–H and O–H groups in total. The van der Waals surface area contributed by atoms with Crippen LogP contribution in [0.2, 0.25) is 11.6 Å². The van der Waals surface area contributed by atoms with E-state index >= 15 is 0 Å². The molecule has 0 unspecified atom stereocenters. The molecular weight excluding hydrogens is 211 g/mol. The standard InChI is InChI=1S/C11H9N2.2CH3.Al/c1-3-7-12-10(5-1)9-11-6-2-4-8-13-11;;;/h1-9H;2*1H3;. The van der Waals surface area contributed by atoms with Crippen molar-refractivity contribution in [1.82, 2.24) is 9.97 Å². The van der Waals surface area contributed by atoms with Gasteiger partial charge < -0.3 is 0 Å². The van der Waals surface area contributed by atoms with Crippen molar-refractivity contribution < 1.29 is 0 Å². The first-order valence-electron chi connectivity index (χ1n) is 5.61. The van der Waals surface area contributed by atoms with Gasteiger partial charge in [0.15, 0.2) is 0 Å². The molecule has 0 atom stereocenters. The summed E-state index contributed by atoms with van der Waals surface area (Å²) in [5.41, 5.74) is 2.31. The first kappa shape index (κ1) is 11.3. The number of nitrogens with zero attached hydrogens (tertiary/aromatic N) is 2. The summed E-state index contributed by atoms with van der Waals surface area (Å²) in [5, 5.41) is 0. The van der Waals surface area contributed by atoms with Crippen molar-refractivity contribution in [3.63, 3.8) is 0 Å². The van der Waals surface area contributed by atoms with E-state index in [-0.39, 0.29) is 0 Å². The molecule has 2 aromatic rings. The number of aromatic nitrogens is 2. The first-order chi connectivity index (χ1) is 7.79. The van der Waals surface area contributed by atoms with Crippen molar-refractivity contribution in [2.24, 2.45) is 0 Å². The molecular formula is C13H15AlN2. The van der Waals surface area contributed by atoms with Crippen molar-refractivity contribution in [3.8, 4) is 0 Å². The Hall–Kier alpha value is -1.17. The Morgan fingerprint density at radius 2 is 1.38 bits per heavy atom. The molecule has 0 amide bonds. The lowest BCUT2D eigenvalue weighted by atomic mass is 10.2. The number of rotatable bonds is 3. The summed E-state index contributed by atoms with van der Waals surface area (Å²) >= 11 is -0.864. The van der Waals surface area contributed by atoms with E-state index < -0.39 is 14.1 Å². The number of pyridine rings is 2. The van der Waals surface area contributed by atoms with Gasteiger partial charge in [-0.15, -0.1) is 11.6 Å². The van der Waals surface area contributed by atoms with Crippen LogP contribution in [0.5, 0.6) is 0 Å². The number of hydrogen-bond donors (Lipinski definition) is 0. The Morgan fingerprint density at radius 1 is 0.875 bits per heavy atom. The second-order valence-corrected chi connectivity index (χ2v) is 7.39. The third kappa shape index (κ3) is 2.50. The lowest BCUT2D eigenvalue weighted by molar-refractivity contribution is 0.958. The lowest BCUT2D eigenvalue weighted by Gasteiger charge is -2.16. The van der Waals surface area contributed by atoms with Crippen molar-refractivity contribution in [2.45, 2.75) is 16.4 Å². The highest BCUT2D eigenvalue weighted by atomic mass is 27.2. The van der Waals surface area contributed by atoms with E-state index in [9.17, 15) is 0 Å². The van der Waals surface area contributed by atoms with E-state index in [0.717, 1.165) is 11.4 Å². The SMILES string of the molecule is [CH3][Al]([CH3])[CH](c1ccccn1)c1ccccn1. The van der Waals surface area contributed by atoms with E-state index in [2.05, 4.69) is 45.8 Å². The Balaban J connectivity index is 2.40. The van der Waals surface area contributed by atoms with Crippen molar-refractivity contribution >= 4 is 14.1 Å². The van der Waals surface area contributed by atoms with Gasteiger partial charge in [0, 0.05) is 23.8 Å². The molecule has 0 aliphatic heterocycles. The summed E-state index contributed by atoms with van der Waals surface area (Å²) in [4.78, 5) is 8.94. The first-order valence-corrected chi connectivity index (χ1v) is 8.58. The van der Waals surface area contributed by atoms with E-state index in [0.29, 0.717) is 4.78 Å². The Kier molecular flexibility index (Phi) is 3.71. The molecule has 0 saturated carbocycles. The molecule has 0 radical (unpaired) electrons. The van der Waals surface area contributed by atoms with Crippen LogP contribution in [0.1, 0.15) is 16.2 Å². The average molecular weight is 226 g/mol. The van der Waals surface area contributed by atoms with Crippen LogP contribution in [0.4, 0.5) is 0 Å². The predicted octanol–water partition coefficient (Wildman–Crippen LogP) is 2.90. The minimum atomic E-state index is -0.864. The molecule has 2 heterocycles. The van der Waals surface area contributed by atoms with Crippen LogP contribution in [0, 0.1) is 0 Å². The van der Waals surface area contributed by atoms with Gasteiger partial charge in [-0.2, -0.15) is 0 Å². The minimum Gasteiger partial charge on any atom is -0.262 e. The Morgan fingerprint density at radius 3 is 1.69 bits per heavy atom. The predicted molar refractivity (Wildman–Crippen MR) is 67.8 cm³/mol. The fourth-order valence-corrected chi connectivity index (χ4v) is 3.71. The molecule has 0 saturated heterocycles. The van der Waals surface area contributed by atoms with Gasteiger partial charge in [-0.05, 0) is 29.0 Å².